The molecule has 0 amide bonds. The van der Waals surface area contributed by atoms with E-state index < -0.39 is 0 Å². The average molecular weight is 207 g/mol. The van der Waals surface area contributed by atoms with E-state index in [1.54, 1.807) is 12.2 Å². The lowest BCUT2D eigenvalue weighted by molar-refractivity contribution is 0.309. The lowest BCUT2D eigenvalue weighted by Gasteiger charge is -2.05. The third-order valence-electron chi connectivity index (χ3n) is 1.38. The zero-order valence-electron chi connectivity index (χ0n) is 8.35. The summed E-state index contributed by atoms with van der Waals surface area (Å²) in [5.74, 6) is 0.657. The minimum atomic E-state index is 0.175. The fourth-order valence-corrected chi connectivity index (χ4v) is 0.837. The largest absolute Gasteiger partial charge is 0.473 e. The molecule has 1 rings (SSSR count). The molecule has 5 nitrogen and oxygen atoms in total. The van der Waals surface area contributed by atoms with Crippen LogP contribution in [0.2, 0.25) is 0 Å². The van der Waals surface area contributed by atoms with E-state index in [9.17, 15) is 0 Å². The molecule has 0 saturated carbocycles. The van der Waals surface area contributed by atoms with Crippen molar-refractivity contribution in [3.63, 3.8) is 0 Å². The second kappa shape index (κ2) is 5.64. The Labute approximate surface area is 88.2 Å². The van der Waals surface area contributed by atoms with Gasteiger partial charge in [-0.15, -0.1) is 0 Å². The number of hydrogen-bond acceptors (Lipinski definition) is 5. The van der Waals surface area contributed by atoms with E-state index in [4.69, 9.17) is 15.2 Å². The molecule has 0 fully saturated rings. The Morgan fingerprint density at radius 2 is 1.87 bits per heavy atom. The van der Waals surface area contributed by atoms with Gasteiger partial charge < -0.3 is 15.2 Å². The second-order valence-corrected chi connectivity index (χ2v) is 2.61. The molecule has 0 aliphatic heterocycles. The number of anilines is 1. The Bertz CT molecular complexity index is 322. The summed E-state index contributed by atoms with van der Waals surface area (Å²) in [6.07, 6.45) is 3.21. The maximum Gasteiger partial charge on any atom is 0.322 e. The van der Waals surface area contributed by atoms with E-state index in [1.807, 2.05) is 0 Å². The molecule has 2 N–H and O–H groups in total. The van der Waals surface area contributed by atoms with Crippen molar-refractivity contribution in [3.8, 4) is 11.9 Å². The molecule has 0 spiro atoms. The molecule has 0 aliphatic carbocycles. The molecule has 0 aliphatic rings. The predicted molar refractivity (Wildman–Crippen MR) is 57.8 cm³/mol. The van der Waals surface area contributed by atoms with Gasteiger partial charge in [-0.1, -0.05) is 25.3 Å². The van der Waals surface area contributed by atoms with Crippen molar-refractivity contribution in [1.82, 2.24) is 9.97 Å². The van der Waals surface area contributed by atoms with Crippen molar-refractivity contribution >= 4 is 5.82 Å². The van der Waals surface area contributed by atoms with Crippen LogP contribution in [0, 0.1) is 0 Å². The summed E-state index contributed by atoms with van der Waals surface area (Å²) in [6.45, 7) is 7.72. The van der Waals surface area contributed by atoms with Crippen LogP contribution < -0.4 is 15.2 Å². The highest BCUT2D eigenvalue weighted by atomic mass is 16.5. The van der Waals surface area contributed by atoms with Gasteiger partial charge in [0.25, 0.3) is 0 Å². The minimum absolute atomic E-state index is 0.175. The van der Waals surface area contributed by atoms with Crippen LogP contribution in [0.5, 0.6) is 11.9 Å². The number of hydrogen-bond donors (Lipinski definition) is 1. The van der Waals surface area contributed by atoms with Crippen molar-refractivity contribution in [1.29, 1.82) is 0 Å². The van der Waals surface area contributed by atoms with E-state index in [0.29, 0.717) is 24.9 Å². The van der Waals surface area contributed by atoms with E-state index in [1.165, 1.54) is 6.07 Å². The monoisotopic (exact) mass is 207 g/mol. The fourth-order valence-electron chi connectivity index (χ4n) is 0.837. The van der Waals surface area contributed by atoms with Gasteiger partial charge in [-0.05, 0) is 0 Å². The average Bonchev–Trinajstić information content (AvgIpc) is 2.23. The molecule has 0 radical (unpaired) electrons. The van der Waals surface area contributed by atoms with E-state index in [2.05, 4.69) is 23.1 Å². The van der Waals surface area contributed by atoms with Crippen molar-refractivity contribution in [2.45, 2.75) is 0 Å². The minimum Gasteiger partial charge on any atom is -0.473 e. The van der Waals surface area contributed by atoms with Gasteiger partial charge in [0, 0.05) is 6.07 Å². The van der Waals surface area contributed by atoms with E-state index in [-0.39, 0.29) is 6.01 Å². The first-order valence-corrected chi connectivity index (χ1v) is 4.38. The molecule has 1 aromatic rings. The number of rotatable bonds is 6. The van der Waals surface area contributed by atoms with Crippen LogP contribution in [0.4, 0.5) is 5.82 Å². The summed E-state index contributed by atoms with van der Waals surface area (Å²) in [6, 6.07) is 1.69. The van der Waals surface area contributed by atoms with Crippen molar-refractivity contribution < 1.29 is 9.47 Å². The molecule has 1 heterocycles. The van der Waals surface area contributed by atoms with Gasteiger partial charge in [0.15, 0.2) is 0 Å². The zero-order chi connectivity index (χ0) is 11.1. The molecule has 0 saturated heterocycles. The van der Waals surface area contributed by atoms with Gasteiger partial charge >= 0.3 is 6.01 Å². The van der Waals surface area contributed by atoms with Gasteiger partial charge in [0.1, 0.15) is 19.0 Å². The number of nitrogens with two attached hydrogens (primary N) is 1. The van der Waals surface area contributed by atoms with Crippen molar-refractivity contribution in [3.05, 3.63) is 31.4 Å². The summed E-state index contributed by atoms with van der Waals surface area (Å²) < 4.78 is 10.3. The molecule has 0 aromatic carbocycles. The summed E-state index contributed by atoms with van der Waals surface area (Å²) in [5.41, 5.74) is 5.54. The molecule has 1 aromatic heterocycles. The first-order chi connectivity index (χ1) is 7.26. The highest BCUT2D eigenvalue weighted by Crippen LogP contribution is 2.15. The van der Waals surface area contributed by atoms with Crippen LogP contribution in [-0.4, -0.2) is 23.2 Å². The van der Waals surface area contributed by atoms with Crippen LogP contribution in [-0.2, 0) is 0 Å². The third-order valence-corrected chi connectivity index (χ3v) is 1.38. The highest BCUT2D eigenvalue weighted by molar-refractivity contribution is 5.34. The van der Waals surface area contributed by atoms with Crippen LogP contribution >= 0.6 is 0 Å². The third kappa shape index (κ3) is 3.68. The van der Waals surface area contributed by atoms with Gasteiger partial charge in [-0.2, -0.15) is 9.97 Å². The molecule has 0 atom stereocenters. The lowest BCUT2D eigenvalue weighted by Crippen LogP contribution is -2.04. The molecule has 80 valence electrons. The van der Waals surface area contributed by atoms with Gasteiger partial charge in [0.05, 0.1) is 0 Å². The van der Waals surface area contributed by atoms with Crippen molar-refractivity contribution in [2.24, 2.45) is 0 Å². The molecule has 0 bridgehead atoms. The summed E-state index contributed by atoms with van der Waals surface area (Å²) >= 11 is 0. The molecular formula is C10H13N3O2. The van der Waals surface area contributed by atoms with Crippen molar-refractivity contribution in [2.75, 3.05) is 18.9 Å². The van der Waals surface area contributed by atoms with E-state index >= 15 is 0 Å². The van der Waals surface area contributed by atoms with Gasteiger partial charge in [-0.25, -0.2) is 0 Å². The quantitative estimate of drug-likeness (QED) is 0.709. The van der Waals surface area contributed by atoms with Crippen LogP contribution in [0.1, 0.15) is 0 Å². The first kappa shape index (κ1) is 11.0. The summed E-state index contributed by atoms with van der Waals surface area (Å²) in [7, 11) is 0. The Kier molecular flexibility index (Phi) is 4.15. The van der Waals surface area contributed by atoms with Gasteiger partial charge in [0.2, 0.25) is 5.88 Å². The number of nitrogens with zero attached hydrogens (tertiary/aromatic N) is 2. The Morgan fingerprint density at radius 3 is 2.53 bits per heavy atom. The molecule has 0 unspecified atom stereocenters. The van der Waals surface area contributed by atoms with Gasteiger partial charge in [-0.3, -0.25) is 0 Å². The highest BCUT2D eigenvalue weighted by Gasteiger charge is 2.03. The smallest absolute Gasteiger partial charge is 0.322 e. The van der Waals surface area contributed by atoms with Crippen LogP contribution in [0.25, 0.3) is 0 Å². The molecule has 15 heavy (non-hydrogen) atoms. The Balaban J connectivity index is 2.74. The maximum atomic E-state index is 5.54. The summed E-state index contributed by atoms with van der Waals surface area (Å²) in [5, 5.41) is 0. The summed E-state index contributed by atoms with van der Waals surface area (Å²) in [4.78, 5) is 7.85. The molecule has 5 heteroatoms. The second-order valence-electron chi connectivity index (χ2n) is 2.61. The maximum absolute atomic E-state index is 5.54. The lowest BCUT2D eigenvalue weighted by atomic mass is 10.5. The van der Waals surface area contributed by atoms with Crippen LogP contribution in [0.3, 0.4) is 0 Å². The predicted octanol–water partition coefficient (Wildman–Crippen LogP) is 1.19. The Hall–Kier alpha value is -2.04. The fraction of sp³-hybridized carbons (Fsp3) is 0.200. The van der Waals surface area contributed by atoms with Crippen LogP contribution in [0.15, 0.2) is 31.4 Å². The molecular weight excluding hydrogens is 194 g/mol. The topological polar surface area (TPSA) is 70.3 Å². The SMILES string of the molecule is C=CCOc1cc(N)nc(OCC=C)n1. The normalized spacial score (nSPS) is 9.33. The standard InChI is InChI=1S/C10H13N3O2/c1-3-5-14-9-7-8(11)12-10(13-9)15-6-4-2/h3-4,7H,1-2,5-6H2,(H2,11,12,13). The number of nitrogen functional groups attached to an aromatic ring is 1. The number of ether oxygens (including phenoxy) is 2. The Morgan fingerprint density at radius 1 is 1.20 bits per heavy atom. The zero-order valence-corrected chi connectivity index (χ0v) is 8.35. The first-order valence-electron chi connectivity index (χ1n) is 4.38. The number of aromatic nitrogens is 2. The van der Waals surface area contributed by atoms with E-state index in [0.717, 1.165) is 0 Å².